The van der Waals surface area contributed by atoms with Crippen LogP contribution in [-0.2, 0) is 15.9 Å². The molecular weight excluding hydrogens is 341 g/mol. The summed E-state index contributed by atoms with van der Waals surface area (Å²) < 4.78 is 5.01. The zero-order valence-electron chi connectivity index (χ0n) is 14.6. The third kappa shape index (κ3) is 3.47. The minimum Gasteiger partial charge on any atom is -0.524 e. The molecule has 1 aliphatic rings. The van der Waals surface area contributed by atoms with Crippen molar-refractivity contribution in [3.05, 3.63) is 66.0 Å². The Bertz CT molecular complexity index is 1040. The molecule has 0 aliphatic carbocycles. The fourth-order valence-corrected chi connectivity index (χ4v) is 3.34. The number of aromatic nitrogens is 1. The molecule has 0 fully saturated rings. The lowest BCUT2D eigenvalue weighted by Crippen LogP contribution is -2.36. The molecule has 134 valence electrons. The maximum absolute atomic E-state index is 12.9. The fourth-order valence-electron chi connectivity index (χ4n) is 3.34. The molecule has 4 rings (SSSR count). The Morgan fingerprint density at radius 1 is 1.19 bits per heavy atom. The van der Waals surface area contributed by atoms with Gasteiger partial charge >= 0.3 is 7.12 Å². The number of aliphatic imine (C=N–C) groups is 1. The molecule has 7 heteroatoms. The summed E-state index contributed by atoms with van der Waals surface area (Å²) in [6.07, 6.45) is 5.04. The maximum Gasteiger partial charge on any atom is 0.562 e. The smallest absolute Gasteiger partial charge is 0.524 e. The van der Waals surface area contributed by atoms with E-state index in [1.54, 1.807) is 24.5 Å². The molecule has 0 radical (unpaired) electrons. The average molecular weight is 359 g/mol. The molecule has 1 aromatic heterocycles. The molecule has 2 heterocycles. The van der Waals surface area contributed by atoms with Crippen LogP contribution < -0.4 is 11.2 Å². The number of rotatable bonds is 5. The number of nitrogens with zero attached hydrogens (tertiary/aromatic N) is 2. The summed E-state index contributed by atoms with van der Waals surface area (Å²) in [7, 11) is -1.08. The molecule has 2 aromatic carbocycles. The van der Waals surface area contributed by atoms with Crippen LogP contribution in [0.1, 0.15) is 17.0 Å². The summed E-state index contributed by atoms with van der Waals surface area (Å²) >= 11 is 0. The topological polar surface area (TPSA) is 97.8 Å². The number of carbonyl (C=O) groups excluding carboxylic acids is 1. The summed E-state index contributed by atoms with van der Waals surface area (Å²) in [4.78, 5) is 21.1. The third-order valence-corrected chi connectivity index (χ3v) is 4.81. The van der Waals surface area contributed by atoms with Crippen molar-refractivity contribution in [3.63, 3.8) is 0 Å². The number of benzene rings is 2. The zero-order valence-corrected chi connectivity index (χ0v) is 14.6. The van der Waals surface area contributed by atoms with Gasteiger partial charge in [-0.3, -0.25) is 9.78 Å². The van der Waals surface area contributed by atoms with Gasteiger partial charge in [0, 0.05) is 36.2 Å². The molecule has 1 atom stereocenters. The molecule has 3 aromatic rings. The van der Waals surface area contributed by atoms with Gasteiger partial charge in [-0.25, -0.2) is 4.99 Å². The van der Waals surface area contributed by atoms with Crippen LogP contribution in [0.5, 0.6) is 0 Å². The van der Waals surface area contributed by atoms with Gasteiger partial charge in [-0.1, -0.05) is 30.3 Å². The highest BCUT2D eigenvalue weighted by molar-refractivity contribution is 6.63. The van der Waals surface area contributed by atoms with E-state index in [0.717, 1.165) is 21.9 Å². The van der Waals surface area contributed by atoms with Crippen LogP contribution in [0.15, 0.2) is 59.9 Å². The lowest BCUT2D eigenvalue weighted by molar-refractivity contribution is -0.119. The third-order valence-electron chi connectivity index (χ3n) is 4.81. The summed E-state index contributed by atoms with van der Waals surface area (Å²) in [5, 5.41) is 12.1. The minimum absolute atomic E-state index is 0.0283. The number of Topliss-reactive ketones (excluding diaryl/α,β-unsaturated/α-hetero) is 1. The van der Waals surface area contributed by atoms with Crippen molar-refractivity contribution < 1.29 is 14.5 Å². The van der Waals surface area contributed by atoms with Crippen molar-refractivity contribution in [2.45, 2.75) is 12.3 Å². The van der Waals surface area contributed by atoms with Gasteiger partial charge in [0.15, 0.2) is 6.40 Å². The lowest BCUT2D eigenvalue weighted by atomic mass is 9.75. The second-order valence-electron chi connectivity index (χ2n) is 6.53. The molecule has 0 bridgehead atoms. The summed E-state index contributed by atoms with van der Waals surface area (Å²) in [6.45, 7) is 0.190. The van der Waals surface area contributed by atoms with E-state index in [4.69, 9.17) is 10.4 Å². The summed E-state index contributed by atoms with van der Waals surface area (Å²) in [5.41, 5.74) is 8.77. The van der Waals surface area contributed by atoms with Gasteiger partial charge in [-0.15, -0.1) is 0 Å². The number of pyridine rings is 1. The van der Waals surface area contributed by atoms with Gasteiger partial charge in [0.05, 0.1) is 11.6 Å². The van der Waals surface area contributed by atoms with Crippen molar-refractivity contribution >= 4 is 41.2 Å². The first-order chi connectivity index (χ1) is 13.2. The van der Waals surface area contributed by atoms with Crippen molar-refractivity contribution in [2.24, 2.45) is 10.7 Å². The first kappa shape index (κ1) is 17.4. The predicted molar refractivity (Wildman–Crippen MR) is 106 cm³/mol. The van der Waals surface area contributed by atoms with Crippen molar-refractivity contribution in [1.82, 2.24) is 4.98 Å². The predicted octanol–water partition coefficient (Wildman–Crippen LogP) is 1.47. The highest BCUT2D eigenvalue weighted by atomic mass is 16.5. The molecule has 0 spiro atoms. The SMILES string of the molecule is NCC(C(=O)Cc1ccc2cnccc2c1)c1ccc2c(c1)B(O)OC=N2. The second kappa shape index (κ2) is 7.30. The molecule has 27 heavy (non-hydrogen) atoms. The van der Waals surface area contributed by atoms with Crippen LogP contribution in [0.2, 0.25) is 0 Å². The Hall–Kier alpha value is -3.03. The van der Waals surface area contributed by atoms with Gasteiger partial charge < -0.3 is 15.4 Å². The largest absolute Gasteiger partial charge is 0.562 e. The Morgan fingerprint density at radius 2 is 2.07 bits per heavy atom. The number of ketones is 1. The second-order valence-corrected chi connectivity index (χ2v) is 6.53. The average Bonchev–Trinajstić information content (AvgIpc) is 2.69. The number of hydrogen-bond donors (Lipinski definition) is 2. The van der Waals surface area contributed by atoms with Crippen LogP contribution in [0.4, 0.5) is 5.69 Å². The summed E-state index contributed by atoms with van der Waals surface area (Å²) in [6, 6.07) is 13.2. The van der Waals surface area contributed by atoms with E-state index in [2.05, 4.69) is 9.98 Å². The Labute approximate surface area is 156 Å². The van der Waals surface area contributed by atoms with Crippen LogP contribution in [0.25, 0.3) is 10.8 Å². The number of carbonyl (C=O) groups is 1. The quantitative estimate of drug-likeness (QED) is 0.673. The van der Waals surface area contributed by atoms with Gasteiger partial charge in [0.2, 0.25) is 0 Å². The molecule has 0 saturated carbocycles. The van der Waals surface area contributed by atoms with E-state index in [0.29, 0.717) is 11.2 Å². The van der Waals surface area contributed by atoms with E-state index >= 15 is 0 Å². The number of nitrogens with two attached hydrogens (primary N) is 1. The number of fused-ring (bicyclic) bond motifs is 2. The monoisotopic (exact) mass is 359 g/mol. The standard InChI is InChI=1S/C20H18BN3O3/c22-10-17(15-3-4-19-18(9-15)21(26)27-12-24-19)20(25)8-13-1-2-16-11-23-6-5-14(16)7-13/h1-7,9,11-12,17,26H,8,10,22H2. The van der Waals surface area contributed by atoms with Crippen molar-refractivity contribution in [3.8, 4) is 0 Å². The van der Waals surface area contributed by atoms with Crippen LogP contribution in [0.3, 0.4) is 0 Å². The highest BCUT2D eigenvalue weighted by Gasteiger charge is 2.27. The van der Waals surface area contributed by atoms with Crippen LogP contribution in [-0.4, -0.2) is 35.9 Å². The molecule has 3 N–H and O–H groups in total. The van der Waals surface area contributed by atoms with E-state index in [1.165, 1.54) is 6.40 Å². The minimum atomic E-state index is -1.08. The number of hydrogen-bond acceptors (Lipinski definition) is 6. The molecule has 1 unspecified atom stereocenters. The first-order valence-corrected chi connectivity index (χ1v) is 8.71. The Balaban J connectivity index is 1.59. The van der Waals surface area contributed by atoms with Crippen LogP contribution >= 0.6 is 0 Å². The fraction of sp³-hybridized carbons (Fsp3) is 0.150. The van der Waals surface area contributed by atoms with E-state index in [-0.39, 0.29) is 18.7 Å². The molecule has 0 amide bonds. The van der Waals surface area contributed by atoms with Gasteiger partial charge in [-0.2, -0.15) is 0 Å². The van der Waals surface area contributed by atoms with E-state index in [9.17, 15) is 9.82 Å². The Morgan fingerprint density at radius 3 is 2.93 bits per heavy atom. The molecular formula is C20H18BN3O3. The first-order valence-electron chi connectivity index (χ1n) is 8.71. The Kier molecular flexibility index (Phi) is 4.70. The highest BCUT2D eigenvalue weighted by Crippen LogP contribution is 2.23. The molecule has 6 nitrogen and oxygen atoms in total. The molecule has 1 aliphatic heterocycles. The molecule has 0 saturated heterocycles. The lowest BCUT2D eigenvalue weighted by Gasteiger charge is -2.18. The van der Waals surface area contributed by atoms with Gasteiger partial charge in [0.25, 0.3) is 0 Å². The van der Waals surface area contributed by atoms with Gasteiger partial charge in [-0.05, 0) is 28.6 Å². The van der Waals surface area contributed by atoms with Crippen molar-refractivity contribution in [1.29, 1.82) is 0 Å². The van der Waals surface area contributed by atoms with E-state index < -0.39 is 13.0 Å². The maximum atomic E-state index is 12.9. The summed E-state index contributed by atoms with van der Waals surface area (Å²) in [5.74, 6) is -0.429. The normalized spacial score (nSPS) is 13.9. The van der Waals surface area contributed by atoms with Crippen molar-refractivity contribution in [2.75, 3.05) is 6.54 Å². The van der Waals surface area contributed by atoms with Gasteiger partial charge in [0.1, 0.15) is 5.78 Å². The van der Waals surface area contributed by atoms with E-state index in [1.807, 2.05) is 30.3 Å². The van der Waals surface area contributed by atoms with Crippen LogP contribution in [0, 0.1) is 0 Å². The zero-order chi connectivity index (χ0) is 18.8.